The second-order valence-electron chi connectivity index (χ2n) is 12.3. The van der Waals surface area contributed by atoms with Crippen molar-refractivity contribution in [3.63, 3.8) is 0 Å². The fourth-order valence-corrected chi connectivity index (χ4v) is 9.18. The van der Waals surface area contributed by atoms with Crippen LogP contribution in [0.25, 0.3) is 0 Å². The number of benzene rings is 2. The van der Waals surface area contributed by atoms with Gasteiger partial charge < -0.3 is 10.2 Å². The first-order valence-electron chi connectivity index (χ1n) is 14.5. The van der Waals surface area contributed by atoms with Gasteiger partial charge in [0.05, 0.1) is 11.9 Å². The molecule has 1 atom stereocenters. The summed E-state index contributed by atoms with van der Waals surface area (Å²) in [5, 5.41) is 3.46. The SMILES string of the molecule is CCNC(=O)[C@H](C)N(Cc1c(Cl)cccc1Cl)C(=O)CN(c1ccc(C23CC4CC(CC(C4)C2)C3)cc1)S(C)(=O)=O. The number of likely N-dealkylation sites (N-methyl/N-ethyl adjacent to an activating group) is 1. The van der Waals surface area contributed by atoms with Crippen LogP contribution in [0.5, 0.6) is 0 Å². The zero-order valence-electron chi connectivity index (χ0n) is 23.9. The van der Waals surface area contributed by atoms with Crippen molar-refractivity contribution in [3.05, 3.63) is 63.6 Å². The van der Waals surface area contributed by atoms with Crippen LogP contribution in [0.3, 0.4) is 0 Å². The van der Waals surface area contributed by atoms with Crippen LogP contribution in [0.4, 0.5) is 5.69 Å². The van der Waals surface area contributed by atoms with Crippen LogP contribution in [-0.2, 0) is 31.6 Å². The van der Waals surface area contributed by atoms with Crippen molar-refractivity contribution in [3.8, 4) is 0 Å². The highest BCUT2D eigenvalue weighted by molar-refractivity contribution is 7.92. The van der Waals surface area contributed by atoms with Crippen LogP contribution >= 0.6 is 23.2 Å². The summed E-state index contributed by atoms with van der Waals surface area (Å²) >= 11 is 12.8. The topological polar surface area (TPSA) is 86.8 Å². The van der Waals surface area contributed by atoms with E-state index in [-0.39, 0.29) is 17.9 Å². The number of hydrogen-bond donors (Lipinski definition) is 1. The summed E-state index contributed by atoms with van der Waals surface area (Å²) < 4.78 is 27.1. The van der Waals surface area contributed by atoms with Gasteiger partial charge in [-0.05, 0) is 105 Å². The van der Waals surface area contributed by atoms with Gasteiger partial charge in [-0.3, -0.25) is 13.9 Å². The Morgan fingerprint density at radius 3 is 2.00 bits per heavy atom. The Balaban J connectivity index is 1.41. The molecular weight excluding hydrogens is 581 g/mol. The van der Waals surface area contributed by atoms with Gasteiger partial charge in [0.25, 0.3) is 0 Å². The molecule has 1 N–H and O–H groups in total. The second kappa shape index (κ2) is 11.8. The van der Waals surface area contributed by atoms with E-state index < -0.39 is 28.5 Å². The van der Waals surface area contributed by atoms with E-state index in [4.69, 9.17) is 23.2 Å². The number of anilines is 1. The smallest absolute Gasteiger partial charge is 0.244 e. The van der Waals surface area contributed by atoms with Crippen LogP contribution in [0.1, 0.15) is 63.5 Å². The van der Waals surface area contributed by atoms with Gasteiger partial charge in [-0.25, -0.2) is 8.42 Å². The zero-order chi connectivity index (χ0) is 29.5. The lowest BCUT2D eigenvalue weighted by Gasteiger charge is -2.57. The Morgan fingerprint density at radius 1 is 0.976 bits per heavy atom. The molecule has 7 nitrogen and oxygen atoms in total. The summed E-state index contributed by atoms with van der Waals surface area (Å²) in [6, 6.07) is 11.9. The lowest BCUT2D eigenvalue weighted by Crippen LogP contribution is -2.51. The highest BCUT2D eigenvalue weighted by Gasteiger charge is 2.51. The van der Waals surface area contributed by atoms with Gasteiger partial charge in [0.2, 0.25) is 21.8 Å². The number of carbonyl (C=O) groups is 2. The first-order valence-corrected chi connectivity index (χ1v) is 17.1. The van der Waals surface area contributed by atoms with Crippen molar-refractivity contribution in [1.82, 2.24) is 10.2 Å². The molecule has 0 aliphatic heterocycles. The highest BCUT2D eigenvalue weighted by atomic mass is 35.5. The molecule has 41 heavy (non-hydrogen) atoms. The summed E-state index contributed by atoms with van der Waals surface area (Å²) in [5.41, 5.74) is 2.38. The Bertz CT molecular complexity index is 1360. The lowest BCUT2D eigenvalue weighted by atomic mass is 9.48. The molecule has 6 rings (SSSR count). The summed E-state index contributed by atoms with van der Waals surface area (Å²) in [4.78, 5) is 27.9. The number of carbonyl (C=O) groups excluding carboxylic acids is 2. The summed E-state index contributed by atoms with van der Waals surface area (Å²) in [5.74, 6) is 1.52. The Hall–Kier alpha value is -2.29. The second-order valence-corrected chi connectivity index (χ2v) is 15.0. The first-order chi connectivity index (χ1) is 19.4. The molecular formula is C31H39Cl2N3O4S. The van der Waals surface area contributed by atoms with Crippen LogP contribution in [-0.4, -0.2) is 50.5 Å². The minimum absolute atomic E-state index is 0.0435. The molecule has 0 unspecified atom stereocenters. The predicted molar refractivity (Wildman–Crippen MR) is 164 cm³/mol. The maximum Gasteiger partial charge on any atom is 0.244 e. The molecule has 4 fully saturated rings. The molecule has 0 saturated heterocycles. The number of nitrogens with one attached hydrogen (secondary N) is 1. The van der Waals surface area contributed by atoms with Gasteiger partial charge in [0, 0.05) is 28.7 Å². The van der Waals surface area contributed by atoms with Crippen molar-refractivity contribution in [2.24, 2.45) is 17.8 Å². The number of nitrogens with zero attached hydrogens (tertiary/aromatic N) is 2. The fourth-order valence-electron chi connectivity index (χ4n) is 7.82. The molecule has 0 heterocycles. The summed E-state index contributed by atoms with van der Waals surface area (Å²) in [6.45, 7) is 3.29. The molecule has 2 aromatic rings. The van der Waals surface area contributed by atoms with Crippen molar-refractivity contribution in [2.75, 3.05) is 23.7 Å². The molecule has 2 aromatic carbocycles. The van der Waals surface area contributed by atoms with E-state index in [0.717, 1.165) is 28.3 Å². The van der Waals surface area contributed by atoms with E-state index in [1.165, 1.54) is 49.0 Å². The van der Waals surface area contributed by atoms with E-state index in [2.05, 4.69) is 17.4 Å². The zero-order valence-corrected chi connectivity index (χ0v) is 26.2. The largest absolute Gasteiger partial charge is 0.355 e. The summed E-state index contributed by atoms with van der Waals surface area (Å²) in [6.07, 6.45) is 8.79. The minimum Gasteiger partial charge on any atom is -0.355 e. The third-order valence-corrected chi connectivity index (χ3v) is 11.2. The average molecular weight is 621 g/mol. The predicted octanol–water partition coefficient (Wildman–Crippen LogP) is 5.78. The van der Waals surface area contributed by atoms with Gasteiger partial charge in [0.15, 0.2) is 0 Å². The lowest BCUT2D eigenvalue weighted by molar-refractivity contribution is -0.139. The van der Waals surface area contributed by atoms with Crippen molar-refractivity contribution in [1.29, 1.82) is 0 Å². The van der Waals surface area contributed by atoms with Crippen LogP contribution < -0.4 is 9.62 Å². The normalized spacial score (nSPS) is 25.5. The minimum atomic E-state index is -3.82. The molecule has 0 spiro atoms. The third kappa shape index (κ3) is 6.25. The molecule has 4 bridgehead atoms. The molecule has 4 aliphatic carbocycles. The van der Waals surface area contributed by atoms with E-state index in [9.17, 15) is 18.0 Å². The third-order valence-electron chi connectivity index (χ3n) is 9.39. The van der Waals surface area contributed by atoms with Gasteiger partial charge in [-0.2, -0.15) is 0 Å². The van der Waals surface area contributed by atoms with Crippen LogP contribution in [0.15, 0.2) is 42.5 Å². The van der Waals surface area contributed by atoms with E-state index in [0.29, 0.717) is 27.8 Å². The molecule has 10 heteroatoms. The summed E-state index contributed by atoms with van der Waals surface area (Å²) in [7, 11) is -3.82. The number of rotatable bonds is 10. The van der Waals surface area contributed by atoms with Crippen molar-refractivity contribution >= 4 is 50.7 Å². The van der Waals surface area contributed by atoms with Crippen LogP contribution in [0.2, 0.25) is 10.0 Å². The van der Waals surface area contributed by atoms with Crippen molar-refractivity contribution in [2.45, 2.75) is 70.4 Å². The maximum atomic E-state index is 13.8. The number of amides is 2. The van der Waals surface area contributed by atoms with Crippen LogP contribution in [0, 0.1) is 17.8 Å². The highest BCUT2D eigenvalue weighted by Crippen LogP contribution is 2.60. The average Bonchev–Trinajstić information content (AvgIpc) is 2.90. The molecule has 4 aliphatic rings. The van der Waals surface area contributed by atoms with E-state index >= 15 is 0 Å². The quantitative estimate of drug-likeness (QED) is 0.365. The van der Waals surface area contributed by atoms with Gasteiger partial charge in [-0.1, -0.05) is 41.4 Å². The molecule has 2 amide bonds. The monoisotopic (exact) mass is 619 g/mol. The van der Waals surface area contributed by atoms with Gasteiger partial charge in [0.1, 0.15) is 12.6 Å². The fraction of sp³-hybridized carbons (Fsp3) is 0.548. The standard InChI is InChI=1S/C31H39Cl2N3O4S/c1-4-34-30(38)20(2)35(18-26-27(32)6-5-7-28(26)33)29(37)19-36(41(3,39)40)25-10-8-24(9-11-25)31-15-21-12-22(16-31)14-23(13-21)17-31/h5-11,20-23H,4,12-19H2,1-3H3,(H,34,38)/t20-,21?,22?,23?,31?/m0/s1. The Labute approximate surface area is 253 Å². The first kappa shape index (κ1) is 30.2. The van der Waals surface area contributed by atoms with Gasteiger partial charge >= 0.3 is 0 Å². The maximum absolute atomic E-state index is 13.8. The van der Waals surface area contributed by atoms with Crippen molar-refractivity contribution < 1.29 is 18.0 Å². The molecule has 0 radical (unpaired) electrons. The Kier molecular flexibility index (Phi) is 8.66. The number of hydrogen-bond acceptors (Lipinski definition) is 4. The van der Waals surface area contributed by atoms with Gasteiger partial charge in [-0.15, -0.1) is 0 Å². The number of sulfonamides is 1. The molecule has 222 valence electrons. The molecule has 0 aromatic heterocycles. The van der Waals surface area contributed by atoms with E-state index in [1.807, 2.05) is 12.1 Å². The molecule has 4 saturated carbocycles. The van der Waals surface area contributed by atoms with E-state index in [1.54, 1.807) is 32.0 Å². The Morgan fingerprint density at radius 2 is 1.51 bits per heavy atom. The number of halogens is 2.